The average molecular weight is 428 g/mol. The molecule has 0 N–H and O–H groups in total. The van der Waals surface area contributed by atoms with E-state index < -0.39 is 0 Å². The Hall–Kier alpha value is -1.86. The van der Waals surface area contributed by atoms with Gasteiger partial charge in [0.2, 0.25) is 0 Å². The summed E-state index contributed by atoms with van der Waals surface area (Å²) in [4.78, 5) is 15.5. The van der Waals surface area contributed by atoms with Gasteiger partial charge >= 0.3 is 0 Å². The molecule has 1 aliphatic carbocycles. The number of hydrogen-bond acceptors (Lipinski definition) is 6. The van der Waals surface area contributed by atoms with Crippen molar-refractivity contribution in [3.05, 3.63) is 40.6 Å². The number of carbonyl (C=O) groups excluding carboxylic acids is 1. The number of thioether (sulfide) groups is 1. The van der Waals surface area contributed by atoms with Crippen molar-refractivity contribution in [2.24, 2.45) is 11.8 Å². The summed E-state index contributed by atoms with van der Waals surface area (Å²) in [6.07, 6.45) is 6.38. The van der Waals surface area contributed by atoms with Gasteiger partial charge in [-0.2, -0.15) is 0 Å². The third-order valence-corrected chi connectivity index (χ3v) is 8.32. The van der Waals surface area contributed by atoms with Gasteiger partial charge in [0, 0.05) is 29.8 Å². The topological polar surface area (TPSA) is 59.2 Å². The number of amides is 1. The SMILES string of the molecule is Cc1nnc(SCc2c(C(=O)N3CCC4CCCCC4C3)oc3ccccc23)s1. The molecule has 0 spiro atoms. The molecule has 152 valence electrons. The minimum absolute atomic E-state index is 0.0502. The summed E-state index contributed by atoms with van der Waals surface area (Å²) in [7, 11) is 0. The average Bonchev–Trinajstić information content (AvgIpc) is 3.34. The number of benzene rings is 1. The predicted molar refractivity (Wildman–Crippen MR) is 116 cm³/mol. The number of piperidine rings is 1. The van der Waals surface area contributed by atoms with E-state index in [2.05, 4.69) is 10.2 Å². The van der Waals surface area contributed by atoms with Gasteiger partial charge in [-0.15, -0.1) is 10.2 Å². The number of aryl methyl sites for hydroxylation is 1. The van der Waals surface area contributed by atoms with Crippen LogP contribution in [-0.2, 0) is 5.75 Å². The lowest BCUT2D eigenvalue weighted by Gasteiger charge is -2.41. The third kappa shape index (κ3) is 3.82. The highest BCUT2D eigenvalue weighted by atomic mass is 32.2. The maximum atomic E-state index is 13.5. The van der Waals surface area contributed by atoms with Gasteiger partial charge in [0.1, 0.15) is 10.6 Å². The largest absolute Gasteiger partial charge is 0.451 e. The van der Waals surface area contributed by atoms with Crippen LogP contribution in [0.5, 0.6) is 0 Å². The molecule has 2 unspecified atom stereocenters. The van der Waals surface area contributed by atoms with Gasteiger partial charge in [-0.3, -0.25) is 4.79 Å². The Labute approximate surface area is 178 Å². The number of fused-ring (bicyclic) bond motifs is 2. The zero-order valence-electron chi connectivity index (χ0n) is 16.6. The molecule has 2 aliphatic rings. The summed E-state index contributed by atoms with van der Waals surface area (Å²) in [5.41, 5.74) is 1.77. The molecule has 2 atom stereocenters. The second-order valence-corrected chi connectivity index (χ2v) is 10.5. The standard InChI is InChI=1S/C22H25N3O2S2/c1-14-23-24-22(29-14)28-13-18-17-8-4-5-9-19(17)27-20(18)21(26)25-11-10-15-6-2-3-7-16(15)12-25/h4-5,8-9,15-16H,2-3,6-7,10-13H2,1H3. The molecule has 29 heavy (non-hydrogen) atoms. The monoisotopic (exact) mass is 427 g/mol. The normalized spacial score (nSPS) is 22.0. The van der Waals surface area contributed by atoms with Crippen molar-refractivity contribution in [1.82, 2.24) is 15.1 Å². The minimum Gasteiger partial charge on any atom is -0.451 e. The fraction of sp³-hybridized carbons (Fsp3) is 0.500. The first-order valence-electron chi connectivity index (χ1n) is 10.4. The van der Waals surface area contributed by atoms with Gasteiger partial charge in [0.15, 0.2) is 10.1 Å². The van der Waals surface area contributed by atoms with E-state index in [0.717, 1.165) is 51.3 Å². The van der Waals surface area contributed by atoms with E-state index in [1.54, 1.807) is 23.1 Å². The molecular formula is C22H25N3O2S2. The molecule has 7 heteroatoms. The van der Waals surface area contributed by atoms with E-state index in [1.807, 2.05) is 36.1 Å². The molecule has 5 nitrogen and oxygen atoms in total. The summed E-state index contributed by atoms with van der Waals surface area (Å²) >= 11 is 3.21. The maximum Gasteiger partial charge on any atom is 0.289 e. The molecule has 1 aliphatic heterocycles. The van der Waals surface area contributed by atoms with Gasteiger partial charge in [0.25, 0.3) is 5.91 Å². The Morgan fingerprint density at radius 1 is 1.21 bits per heavy atom. The van der Waals surface area contributed by atoms with Crippen LogP contribution in [0.25, 0.3) is 11.0 Å². The van der Waals surface area contributed by atoms with Crippen molar-refractivity contribution < 1.29 is 9.21 Å². The Morgan fingerprint density at radius 3 is 2.86 bits per heavy atom. The van der Waals surface area contributed by atoms with E-state index in [-0.39, 0.29) is 5.91 Å². The summed E-state index contributed by atoms with van der Waals surface area (Å²) in [5.74, 6) is 2.68. The zero-order chi connectivity index (χ0) is 19.8. The fourth-order valence-corrected chi connectivity index (χ4v) is 6.66. The first-order chi connectivity index (χ1) is 14.2. The predicted octanol–water partition coefficient (Wildman–Crippen LogP) is 5.54. The van der Waals surface area contributed by atoms with Gasteiger partial charge in [0.05, 0.1) is 0 Å². The van der Waals surface area contributed by atoms with Crippen molar-refractivity contribution in [1.29, 1.82) is 0 Å². The van der Waals surface area contributed by atoms with E-state index in [9.17, 15) is 4.79 Å². The molecule has 1 saturated carbocycles. The lowest BCUT2D eigenvalue weighted by atomic mass is 9.75. The summed E-state index contributed by atoms with van der Waals surface area (Å²) in [6.45, 7) is 3.68. The van der Waals surface area contributed by atoms with Crippen LogP contribution in [0.3, 0.4) is 0 Å². The van der Waals surface area contributed by atoms with E-state index >= 15 is 0 Å². The highest BCUT2D eigenvalue weighted by Gasteiger charge is 2.35. The number of likely N-dealkylation sites (tertiary alicyclic amines) is 1. The molecule has 2 fully saturated rings. The number of nitrogens with zero attached hydrogens (tertiary/aromatic N) is 3. The van der Waals surface area contributed by atoms with Crippen molar-refractivity contribution >= 4 is 40.0 Å². The first-order valence-corrected chi connectivity index (χ1v) is 12.2. The van der Waals surface area contributed by atoms with Crippen molar-refractivity contribution in [2.45, 2.75) is 49.1 Å². The van der Waals surface area contributed by atoms with E-state index in [0.29, 0.717) is 17.4 Å². The summed E-state index contributed by atoms with van der Waals surface area (Å²) in [6, 6.07) is 7.95. The molecule has 1 amide bonds. The smallest absolute Gasteiger partial charge is 0.289 e. The van der Waals surface area contributed by atoms with Crippen LogP contribution >= 0.6 is 23.1 Å². The Morgan fingerprint density at radius 2 is 2.03 bits per heavy atom. The van der Waals surface area contributed by atoms with Gasteiger partial charge in [-0.1, -0.05) is 60.6 Å². The van der Waals surface area contributed by atoms with Crippen LogP contribution < -0.4 is 0 Å². The molecule has 0 bridgehead atoms. The molecule has 5 rings (SSSR count). The quantitative estimate of drug-likeness (QED) is 0.512. The molecule has 0 radical (unpaired) electrons. The first kappa shape index (κ1) is 19.1. The van der Waals surface area contributed by atoms with Crippen molar-refractivity contribution in [2.75, 3.05) is 13.1 Å². The number of aromatic nitrogens is 2. The number of para-hydroxylation sites is 1. The van der Waals surface area contributed by atoms with Gasteiger partial charge in [-0.05, 0) is 37.7 Å². The number of carbonyl (C=O) groups is 1. The summed E-state index contributed by atoms with van der Waals surface area (Å²) in [5, 5.41) is 10.3. The lowest BCUT2D eigenvalue weighted by Crippen LogP contribution is -2.44. The number of rotatable bonds is 4. The third-order valence-electron chi connectivity index (χ3n) is 6.32. The molecule has 1 aromatic carbocycles. The van der Waals surface area contributed by atoms with Crippen molar-refractivity contribution in [3.63, 3.8) is 0 Å². The van der Waals surface area contributed by atoms with Gasteiger partial charge in [-0.25, -0.2) is 0 Å². The second kappa shape index (κ2) is 8.11. The molecular weight excluding hydrogens is 402 g/mol. The van der Waals surface area contributed by atoms with E-state index in [4.69, 9.17) is 4.42 Å². The molecule has 2 aromatic heterocycles. The Bertz CT molecular complexity index is 1030. The Kier molecular flexibility index (Phi) is 5.35. The highest BCUT2D eigenvalue weighted by Crippen LogP contribution is 2.38. The lowest BCUT2D eigenvalue weighted by molar-refractivity contribution is 0.0493. The molecule has 3 heterocycles. The van der Waals surface area contributed by atoms with Crippen LogP contribution in [0.1, 0.15) is 53.2 Å². The second-order valence-electron chi connectivity index (χ2n) is 8.13. The van der Waals surface area contributed by atoms with Crippen LogP contribution in [0.15, 0.2) is 33.0 Å². The number of furan rings is 1. The van der Waals surface area contributed by atoms with E-state index in [1.165, 1.54) is 25.7 Å². The van der Waals surface area contributed by atoms with Crippen LogP contribution in [0.4, 0.5) is 0 Å². The highest BCUT2D eigenvalue weighted by molar-refractivity contribution is 8.00. The van der Waals surface area contributed by atoms with Crippen molar-refractivity contribution in [3.8, 4) is 0 Å². The summed E-state index contributed by atoms with van der Waals surface area (Å²) < 4.78 is 7.03. The molecule has 3 aromatic rings. The minimum atomic E-state index is 0.0502. The number of hydrogen-bond donors (Lipinski definition) is 0. The van der Waals surface area contributed by atoms with Gasteiger partial charge < -0.3 is 9.32 Å². The molecule has 1 saturated heterocycles. The maximum absolute atomic E-state index is 13.5. The van der Waals surface area contributed by atoms with Crippen LogP contribution in [0, 0.1) is 18.8 Å². The van der Waals surface area contributed by atoms with Crippen LogP contribution in [0.2, 0.25) is 0 Å². The Balaban J connectivity index is 1.41. The zero-order valence-corrected chi connectivity index (χ0v) is 18.2. The van der Waals surface area contributed by atoms with Crippen LogP contribution in [-0.4, -0.2) is 34.1 Å². The fourth-order valence-electron chi connectivity index (χ4n) is 4.81.